The number of nitrogens with zero attached hydrogens (tertiary/aromatic N) is 4. The van der Waals surface area contributed by atoms with Crippen molar-refractivity contribution in [3.05, 3.63) is 34.7 Å². The highest BCUT2D eigenvalue weighted by atomic mass is 32.2. The maximum Gasteiger partial charge on any atom is 0.409 e. The molecule has 2 aromatic rings. The maximum atomic E-state index is 13.3. The number of piperidine rings is 1. The van der Waals surface area contributed by atoms with Crippen LogP contribution in [0.4, 0.5) is 9.59 Å². The molecule has 0 spiro atoms. The van der Waals surface area contributed by atoms with E-state index in [-0.39, 0.29) is 48.4 Å². The first-order valence-corrected chi connectivity index (χ1v) is 15.4. The standard InChI is InChI=1S/C26H37N5O6S/c1-18(2)30-22-6-3-4-7-23(22)31(25(30)33)24(32)27-19-16-20-8-9-21(17-19)29(20)10-5-13-37-26(34)28-11-14-38(35,36)15-12-28/h3-4,6-7,18-21H,5,8-17H2,1-2H3,(H,27,32)/t19-,20-,21+. The minimum atomic E-state index is -3.04. The number of fused-ring (bicyclic) bond motifs is 3. The average Bonchev–Trinajstić information content (AvgIpc) is 3.29. The van der Waals surface area contributed by atoms with Crippen LogP contribution >= 0.6 is 0 Å². The fourth-order valence-electron chi connectivity index (χ4n) is 6.26. The van der Waals surface area contributed by atoms with Gasteiger partial charge in [0.15, 0.2) is 9.84 Å². The molecule has 12 heteroatoms. The van der Waals surface area contributed by atoms with Crippen LogP contribution in [0, 0.1) is 0 Å². The lowest BCUT2D eigenvalue weighted by Gasteiger charge is -2.39. The van der Waals surface area contributed by atoms with Gasteiger partial charge in [-0.15, -0.1) is 0 Å². The number of sulfone groups is 1. The number of hydrogen-bond acceptors (Lipinski definition) is 7. The molecule has 3 saturated heterocycles. The van der Waals surface area contributed by atoms with Crippen LogP contribution in [-0.2, 0) is 14.6 Å². The molecule has 1 N–H and O–H groups in total. The van der Waals surface area contributed by atoms with Crippen molar-refractivity contribution in [1.82, 2.24) is 24.3 Å². The zero-order chi connectivity index (χ0) is 27.0. The normalized spacial score (nSPS) is 25.1. The molecular formula is C26H37N5O6S. The molecule has 4 heterocycles. The second-order valence-corrected chi connectivity index (χ2v) is 13.2. The monoisotopic (exact) mass is 547 g/mol. The molecule has 3 atom stereocenters. The van der Waals surface area contributed by atoms with E-state index < -0.39 is 15.9 Å². The first-order valence-electron chi connectivity index (χ1n) is 13.6. The Bertz CT molecular complexity index is 1340. The van der Waals surface area contributed by atoms with Gasteiger partial charge in [0.05, 0.1) is 29.1 Å². The number of aromatic nitrogens is 2. The summed E-state index contributed by atoms with van der Waals surface area (Å²) in [5, 5.41) is 3.13. The van der Waals surface area contributed by atoms with Crippen LogP contribution in [0.15, 0.2) is 29.1 Å². The lowest BCUT2D eigenvalue weighted by atomic mass is 9.97. The molecule has 38 heavy (non-hydrogen) atoms. The average molecular weight is 548 g/mol. The third-order valence-electron chi connectivity index (χ3n) is 8.10. The minimum Gasteiger partial charge on any atom is -0.449 e. The van der Waals surface area contributed by atoms with Gasteiger partial charge in [-0.3, -0.25) is 9.47 Å². The van der Waals surface area contributed by atoms with Gasteiger partial charge >= 0.3 is 17.8 Å². The molecule has 2 bridgehead atoms. The van der Waals surface area contributed by atoms with E-state index in [0.717, 1.165) is 37.7 Å². The highest BCUT2D eigenvalue weighted by molar-refractivity contribution is 7.91. The zero-order valence-electron chi connectivity index (χ0n) is 22.0. The van der Waals surface area contributed by atoms with Crippen LogP contribution in [0.2, 0.25) is 0 Å². The number of rotatable bonds is 6. The molecule has 208 valence electrons. The summed E-state index contributed by atoms with van der Waals surface area (Å²) in [5.74, 6) is -0.0171. The molecule has 0 saturated carbocycles. The van der Waals surface area contributed by atoms with Crippen LogP contribution in [0.1, 0.15) is 52.0 Å². The Balaban J connectivity index is 1.13. The third kappa shape index (κ3) is 5.33. The predicted molar refractivity (Wildman–Crippen MR) is 143 cm³/mol. The number of nitrogens with one attached hydrogen (secondary N) is 1. The van der Waals surface area contributed by atoms with Gasteiger partial charge in [0.25, 0.3) is 0 Å². The van der Waals surface area contributed by atoms with E-state index in [4.69, 9.17) is 4.74 Å². The summed E-state index contributed by atoms with van der Waals surface area (Å²) in [6.07, 6.45) is 4.02. The third-order valence-corrected chi connectivity index (χ3v) is 9.71. The molecule has 1 aromatic heterocycles. The molecule has 5 rings (SSSR count). The van der Waals surface area contributed by atoms with Gasteiger partial charge in [0, 0.05) is 43.8 Å². The van der Waals surface area contributed by atoms with Gasteiger partial charge in [0.2, 0.25) is 0 Å². The lowest BCUT2D eigenvalue weighted by Crippen LogP contribution is -2.52. The lowest BCUT2D eigenvalue weighted by molar-refractivity contribution is 0.0851. The van der Waals surface area contributed by atoms with E-state index in [1.54, 1.807) is 4.57 Å². The number of ether oxygens (including phenoxy) is 1. The van der Waals surface area contributed by atoms with Gasteiger partial charge in [-0.1, -0.05) is 12.1 Å². The van der Waals surface area contributed by atoms with Crippen molar-refractivity contribution >= 4 is 33.0 Å². The molecule has 11 nitrogen and oxygen atoms in total. The van der Waals surface area contributed by atoms with Crippen molar-refractivity contribution in [2.75, 3.05) is 37.7 Å². The molecule has 0 aliphatic carbocycles. The Morgan fingerprint density at radius 2 is 1.68 bits per heavy atom. The van der Waals surface area contributed by atoms with Gasteiger partial charge in [-0.25, -0.2) is 27.4 Å². The number of carbonyl (C=O) groups is 2. The molecule has 0 unspecified atom stereocenters. The zero-order valence-corrected chi connectivity index (χ0v) is 22.9. The number of hydrogen-bond donors (Lipinski definition) is 1. The Kier molecular flexibility index (Phi) is 7.54. The molecule has 1 aromatic carbocycles. The highest BCUT2D eigenvalue weighted by Gasteiger charge is 2.41. The fraction of sp³-hybridized carbons (Fsp3) is 0.654. The largest absolute Gasteiger partial charge is 0.449 e. The number of para-hydroxylation sites is 2. The van der Waals surface area contributed by atoms with Crippen LogP contribution in [0.5, 0.6) is 0 Å². The summed E-state index contributed by atoms with van der Waals surface area (Å²) >= 11 is 0. The van der Waals surface area contributed by atoms with E-state index in [1.807, 2.05) is 38.1 Å². The SMILES string of the molecule is CC(C)n1c(=O)n(C(=O)N[C@@H]2C[C@H]3CC[C@@H](C2)N3CCCOC(=O)N2CCS(=O)(=O)CC2)c2ccccc21. The van der Waals surface area contributed by atoms with E-state index in [9.17, 15) is 22.8 Å². The molecule has 0 radical (unpaired) electrons. The second-order valence-electron chi connectivity index (χ2n) is 10.9. The van der Waals surface area contributed by atoms with Crippen LogP contribution in [0.25, 0.3) is 11.0 Å². The first kappa shape index (κ1) is 26.7. The molecule has 3 aliphatic heterocycles. The molecular weight excluding hydrogens is 510 g/mol. The molecule has 3 fully saturated rings. The molecule has 2 amide bonds. The number of carbonyl (C=O) groups excluding carboxylic acids is 2. The van der Waals surface area contributed by atoms with Crippen LogP contribution in [0.3, 0.4) is 0 Å². The number of benzene rings is 1. The Hall–Kier alpha value is -2.86. The summed E-state index contributed by atoms with van der Waals surface area (Å²) in [6.45, 7) is 5.35. The van der Waals surface area contributed by atoms with Gasteiger partial charge < -0.3 is 15.0 Å². The summed E-state index contributed by atoms with van der Waals surface area (Å²) in [4.78, 5) is 42.6. The summed E-state index contributed by atoms with van der Waals surface area (Å²) < 4.78 is 31.4. The van der Waals surface area contributed by atoms with Gasteiger partial charge in [-0.05, 0) is 58.1 Å². The van der Waals surface area contributed by atoms with Gasteiger partial charge in [-0.2, -0.15) is 0 Å². The fourth-order valence-corrected chi connectivity index (χ4v) is 7.46. The minimum absolute atomic E-state index is 0.00230. The summed E-state index contributed by atoms with van der Waals surface area (Å²) in [7, 11) is -3.04. The van der Waals surface area contributed by atoms with Crippen molar-refractivity contribution in [2.24, 2.45) is 0 Å². The number of imidazole rings is 1. The quantitative estimate of drug-likeness (QED) is 0.550. The maximum absolute atomic E-state index is 13.3. The first-order chi connectivity index (χ1) is 18.1. The smallest absolute Gasteiger partial charge is 0.409 e. The van der Waals surface area contributed by atoms with E-state index >= 15 is 0 Å². The van der Waals surface area contributed by atoms with E-state index in [0.29, 0.717) is 30.6 Å². The highest BCUT2D eigenvalue weighted by Crippen LogP contribution is 2.35. The Morgan fingerprint density at radius 3 is 2.32 bits per heavy atom. The summed E-state index contributed by atoms with van der Waals surface area (Å²) in [6, 6.07) is 7.64. The Morgan fingerprint density at radius 1 is 1.05 bits per heavy atom. The molecule has 3 aliphatic rings. The Labute approximate surface area is 222 Å². The number of amides is 2. The van der Waals surface area contributed by atoms with Crippen molar-refractivity contribution < 1.29 is 22.7 Å². The van der Waals surface area contributed by atoms with E-state index in [2.05, 4.69) is 10.2 Å². The van der Waals surface area contributed by atoms with Gasteiger partial charge in [0.1, 0.15) is 0 Å². The van der Waals surface area contributed by atoms with Crippen LogP contribution in [-0.4, -0.2) is 95.3 Å². The van der Waals surface area contributed by atoms with Crippen molar-refractivity contribution in [3.63, 3.8) is 0 Å². The summed E-state index contributed by atoms with van der Waals surface area (Å²) in [5.41, 5.74) is 1.05. The van der Waals surface area contributed by atoms with Crippen LogP contribution < -0.4 is 11.0 Å². The predicted octanol–water partition coefficient (Wildman–Crippen LogP) is 2.19. The second kappa shape index (κ2) is 10.7. The van der Waals surface area contributed by atoms with Crippen molar-refractivity contribution in [2.45, 2.75) is 70.1 Å². The van der Waals surface area contributed by atoms with E-state index in [1.165, 1.54) is 9.47 Å². The van der Waals surface area contributed by atoms with Crippen molar-refractivity contribution in [1.29, 1.82) is 0 Å². The topological polar surface area (TPSA) is 123 Å². The van der Waals surface area contributed by atoms with Crippen molar-refractivity contribution in [3.8, 4) is 0 Å².